The number of hydrogen-bond donors (Lipinski definition) is 3. The van der Waals surface area contributed by atoms with Crippen LogP contribution in [0.1, 0.15) is 18.5 Å². The van der Waals surface area contributed by atoms with E-state index in [1.165, 1.54) is 6.33 Å². The number of anilines is 4. The molecule has 140 valence electrons. The molecule has 0 spiro atoms. The number of aromatic nitrogens is 2. The molecule has 3 rings (SSSR count). The van der Waals surface area contributed by atoms with Crippen LogP contribution in [0.15, 0.2) is 54.9 Å². The molecule has 1 heterocycles. The number of hydrogen-bond acceptors (Lipinski definition) is 7. The third-order valence-electron chi connectivity index (χ3n) is 4.20. The summed E-state index contributed by atoms with van der Waals surface area (Å²) in [6.45, 7) is 2.05. The normalized spacial score (nSPS) is 11.5. The number of rotatable bonds is 7. The Morgan fingerprint density at radius 1 is 0.963 bits per heavy atom. The van der Waals surface area contributed by atoms with Gasteiger partial charge >= 0.3 is 0 Å². The maximum absolute atomic E-state index is 6.30. The largest absolute Gasteiger partial charge is 0.497 e. The Bertz CT molecular complexity index is 902. The summed E-state index contributed by atoms with van der Waals surface area (Å²) in [5, 5.41) is 6.53. The summed E-state index contributed by atoms with van der Waals surface area (Å²) in [6, 6.07) is 15.6. The molecule has 0 fully saturated rings. The predicted molar refractivity (Wildman–Crippen MR) is 108 cm³/mol. The number of nitrogen functional groups attached to an aromatic ring is 1. The fraction of sp³-hybridized carbons (Fsp3) is 0.200. The number of nitrogens with one attached hydrogen (secondary N) is 2. The van der Waals surface area contributed by atoms with Crippen molar-refractivity contribution in [2.45, 2.75) is 13.0 Å². The van der Waals surface area contributed by atoms with Crippen LogP contribution in [0.5, 0.6) is 11.5 Å². The van der Waals surface area contributed by atoms with Crippen LogP contribution in [-0.2, 0) is 0 Å². The molecule has 2 aromatic carbocycles. The molecule has 0 saturated carbocycles. The van der Waals surface area contributed by atoms with Crippen molar-refractivity contribution in [1.82, 2.24) is 9.97 Å². The van der Waals surface area contributed by atoms with Gasteiger partial charge in [-0.15, -0.1) is 0 Å². The second-order valence-electron chi connectivity index (χ2n) is 5.95. The van der Waals surface area contributed by atoms with Crippen molar-refractivity contribution in [3.63, 3.8) is 0 Å². The maximum Gasteiger partial charge on any atom is 0.159 e. The second-order valence-corrected chi connectivity index (χ2v) is 5.95. The van der Waals surface area contributed by atoms with E-state index in [1.54, 1.807) is 14.2 Å². The molecule has 4 N–H and O–H groups in total. The molecule has 0 amide bonds. The van der Waals surface area contributed by atoms with Crippen molar-refractivity contribution >= 4 is 23.0 Å². The van der Waals surface area contributed by atoms with E-state index >= 15 is 0 Å². The van der Waals surface area contributed by atoms with Gasteiger partial charge in [0.1, 0.15) is 23.5 Å². The molecule has 0 radical (unpaired) electrons. The SMILES string of the molecule is COc1ccc(OC)c(Nc2ncnc(NC(C)c3ccccc3)c2N)c1. The Morgan fingerprint density at radius 2 is 1.70 bits per heavy atom. The lowest BCUT2D eigenvalue weighted by Crippen LogP contribution is -2.11. The highest BCUT2D eigenvalue weighted by Gasteiger charge is 2.14. The highest BCUT2D eigenvalue weighted by Crippen LogP contribution is 2.34. The first-order valence-corrected chi connectivity index (χ1v) is 8.53. The fourth-order valence-corrected chi connectivity index (χ4v) is 2.68. The summed E-state index contributed by atoms with van der Waals surface area (Å²) in [6.07, 6.45) is 1.46. The van der Waals surface area contributed by atoms with Gasteiger partial charge in [-0.3, -0.25) is 0 Å². The van der Waals surface area contributed by atoms with E-state index in [0.29, 0.717) is 34.5 Å². The van der Waals surface area contributed by atoms with E-state index in [-0.39, 0.29) is 6.04 Å². The van der Waals surface area contributed by atoms with Gasteiger partial charge < -0.3 is 25.8 Å². The van der Waals surface area contributed by atoms with Crippen molar-refractivity contribution in [2.75, 3.05) is 30.6 Å². The van der Waals surface area contributed by atoms with Gasteiger partial charge in [0.05, 0.1) is 25.9 Å². The van der Waals surface area contributed by atoms with Crippen LogP contribution in [0, 0.1) is 0 Å². The Labute approximate surface area is 158 Å². The highest BCUT2D eigenvalue weighted by molar-refractivity contribution is 5.79. The number of nitrogens with zero attached hydrogens (tertiary/aromatic N) is 2. The van der Waals surface area contributed by atoms with Gasteiger partial charge in [0, 0.05) is 6.07 Å². The van der Waals surface area contributed by atoms with Crippen molar-refractivity contribution in [3.05, 3.63) is 60.4 Å². The number of benzene rings is 2. The second kappa shape index (κ2) is 8.27. The van der Waals surface area contributed by atoms with Crippen molar-refractivity contribution in [1.29, 1.82) is 0 Å². The Morgan fingerprint density at radius 3 is 2.41 bits per heavy atom. The first kappa shape index (κ1) is 18.3. The van der Waals surface area contributed by atoms with Gasteiger partial charge in [0.15, 0.2) is 11.6 Å². The summed E-state index contributed by atoms with van der Waals surface area (Å²) < 4.78 is 10.7. The lowest BCUT2D eigenvalue weighted by Gasteiger charge is -2.18. The third kappa shape index (κ3) is 4.20. The van der Waals surface area contributed by atoms with Gasteiger partial charge in [0.2, 0.25) is 0 Å². The summed E-state index contributed by atoms with van der Waals surface area (Å²) in [5.41, 5.74) is 8.56. The van der Waals surface area contributed by atoms with E-state index in [1.807, 2.05) is 36.4 Å². The van der Waals surface area contributed by atoms with Crippen LogP contribution in [-0.4, -0.2) is 24.2 Å². The van der Waals surface area contributed by atoms with Crippen LogP contribution >= 0.6 is 0 Å². The molecule has 7 nitrogen and oxygen atoms in total. The average Bonchev–Trinajstić information content (AvgIpc) is 2.71. The van der Waals surface area contributed by atoms with E-state index in [9.17, 15) is 0 Å². The van der Waals surface area contributed by atoms with Gasteiger partial charge in [-0.1, -0.05) is 30.3 Å². The minimum Gasteiger partial charge on any atom is -0.497 e. The standard InChI is InChI=1S/C20H23N5O2/c1-13(14-7-5-4-6-8-14)24-19-18(21)20(23-12-22-19)25-16-11-15(26-2)9-10-17(16)27-3/h4-13H,21H2,1-3H3,(H2,22,23,24,25). The third-order valence-corrected chi connectivity index (χ3v) is 4.20. The molecular weight excluding hydrogens is 342 g/mol. The van der Waals surface area contributed by atoms with Gasteiger partial charge in [-0.05, 0) is 24.6 Å². The predicted octanol–water partition coefficient (Wildman–Crippen LogP) is 3.99. The van der Waals surface area contributed by atoms with Crippen molar-refractivity contribution < 1.29 is 9.47 Å². The minimum absolute atomic E-state index is 0.0441. The summed E-state index contributed by atoms with van der Waals surface area (Å²) in [4.78, 5) is 8.54. The maximum atomic E-state index is 6.30. The Hall–Kier alpha value is -3.48. The fourth-order valence-electron chi connectivity index (χ4n) is 2.68. The first-order chi connectivity index (χ1) is 13.1. The molecule has 1 aromatic heterocycles. The molecule has 0 saturated heterocycles. The van der Waals surface area contributed by atoms with Crippen LogP contribution in [0.4, 0.5) is 23.0 Å². The molecule has 0 aliphatic rings. The quantitative estimate of drug-likeness (QED) is 0.583. The molecule has 27 heavy (non-hydrogen) atoms. The molecule has 0 aliphatic heterocycles. The first-order valence-electron chi connectivity index (χ1n) is 8.53. The lowest BCUT2D eigenvalue weighted by atomic mass is 10.1. The van der Waals surface area contributed by atoms with Crippen LogP contribution in [0.2, 0.25) is 0 Å². The molecule has 3 aromatic rings. The highest BCUT2D eigenvalue weighted by atomic mass is 16.5. The zero-order chi connectivity index (χ0) is 19.2. The van der Waals surface area contributed by atoms with Gasteiger partial charge in [0.25, 0.3) is 0 Å². The zero-order valence-corrected chi connectivity index (χ0v) is 15.6. The molecule has 0 bridgehead atoms. The number of ether oxygens (including phenoxy) is 2. The Kier molecular flexibility index (Phi) is 5.61. The zero-order valence-electron chi connectivity index (χ0n) is 15.6. The van der Waals surface area contributed by atoms with E-state index in [2.05, 4.69) is 39.7 Å². The molecule has 0 aliphatic carbocycles. The lowest BCUT2D eigenvalue weighted by molar-refractivity contribution is 0.405. The molecular formula is C20H23N5O2. The number of nitrogens with two attached hydrogens (primary N) is 1. The summed E-state index contributed by atoms with van der Waals surface area (Å²) >= 11 is 0. The van der Waals surface area contributed by atoms with E-state index < -0.39 is 0 Å². The molecule has 1 atom stereocenters. The van der Waals surface area contributed by atoms with E-state index in [4.69, 9.17) is 15.2 Å². The smallest absolute Gasteiger partial charge is 0.159 e. The number of methoxy groups -OCH3 is 2. The monoisotopic (exact) mass is 365 g/mol. The van der Waals surface area contributed by atoms with Crippen molar-refractivity contribution in [3.8, 4) is 11.5 Å². The minimum atomic E-state index is 0.0441. The summed E-state index contributed by atoms with van der Waals surface area (Å²) in [5.74, 6) is 2.40. The average molecular weight is 365 g/mol. The molecule has 7 heteroatoms. The summed E-state index contributed by atoms with van der Waals surface area (Å²) in [7, 11) is 3.21. The van der Waals surface area contributed by atoms with E-state index in [0.717, 1.165) is 5.56 Å². The molecule has 1 unspecified atom stereocenters. The van der Waals surface area contributed by atoms with Crippen LogP contribution < -0.4 is 25.8 Å². The van der Waals surface area contributed by atoms with Crippen LogP contribution in [0.25, 0.3) is 0 Å². The van der Waals surface area contributed by atoms with Crippen molar-refractivity contribution in [2.24, 2.45) is 0 Å². The van der Waals surface area contributed by atoms with Crippen LogP contribution in [0.3, 0.4) is 0 Å². The van der Waals surface area contributed by atoms with Gasteiger partial charge in [-0.25, -0.2) is 9.97 Å². The van der Waals surface area contributed by atoms with Gasteiger partial charge in [-0.2, -0.15) is 0 Å². The topological polar surface area (TPSA) is 94.3 Å². The Balaban J connectivity index is 1.85.